The van der Waals surface area contributed by atoms with E-state index in [4.69, 9.17) is 14.7 Å². The second kappa shape index (κ2) is 6.39. The molecule has 2 aromatic carbocycles. The molecule has 106 valence electrons. The quantitative estimate of drug-likeness (QED) is 0.622. The largest absolute Gasteiger partial charge is 0.496 e. The number of non-ortho nitro benzene ring substituents is 1. The number of nitro groups is 1. The zero-order valence-electron chi connectivity index (χ0n) is 11.3. The minimum Gasteiger partial charge on any atom is -0.496 e. The summed E-state index contributed by atoms with van der Waals surface area (Å²) in [7, 11) is 1.45. The van der Waals surface area contributed by atoms with E-state index in [2.05, 4.69) is 0 Å². The Balaban J connectivity index is 2.13. The van der Waals surface area contributed by atoms with Crippen molar-refractivity contribution in [1.82, 2.24) is 0 Å². The highest BCUT2D eigenvalue weighted by Crippen LogP contribution is 2.23. The molecule has 0 bridgehead atoms. The molecule has 0 aromatic heterocycles. The summed E-state index contributed by atoms with van der Waals surface area (Å²) >= 11 is 0. The second-order valence-electron chi connectivity index (χ2n) is 4.22. The number of nitriles is 1. The Bertz CT molecular complexity index is 690. The number of methoxy groups -OCH3 is 1. The zero-order chi connectivity index (χ0) is 15.2. The average molecular weight is 284 g/mol. The Morgan fingerprint density at radius 3 is 2.48 bits per heavy atom. The lowest BCUT2D eigenvalue weighted by Crippen LogP contribution is -1.98. The van der Waals surface area contributed by atoms with Gasteiger partial charge in [-0.15, -0.1) is 0 Å². The maximum absolute atomic E-state index is 10.8. The van der Waals surface area contributed by atoms with Crippen LogP contribution in [0.5, 0.6) is 11.5 Å². The van der Waals surface area contributed by atoms with Gasteiger partial charge in [0.2, 0.25) is 0 Å². The van der Waals surface area contributed by atoms with Gasteiger partial charge >= 0.3 is 0 Å². The molecular weight excluding hydrogens is 272 g/mol. The van der Waals surface area contributed by atoms with E-state index in [-0.39, 0.29) is 12.3 Å². The summed E-state index contributed by atoms with van der Waals surface area (Å²) in [4.78, 5) is 10.4. The van der Waals surface area contributed by atoms with Gasteiger partial charge in [0, 0.05) is 6.07 Å². The zero-order valence-corrected chi connectivity index (χ0v) is 11.3. The maximum Gasteiger partial charge on any atom is 0.273 e. The minimum absolute atomic E-state index is 0.0484. The van der Waals surface area contributed by atoms with Crippen molar-refractivity contribution in [3.63, 3.8) is 0 Å². The third kappa shape index (κ3) is 3.70. The number of hydrogen-bond acceptors (Lipinski definition) is 5. The van der Waals surface area contributed by atoms with Crippen LogP contribution >= 0.6 is 0 Å². The van der Waals surface area contributed by atoms with Crippen LogP contribution in [-0.4, -0.2) is 12.0 Å². The monoisotopic (exact) mass is 284 g/mol. The molecule has 0 amide bonds. The number of nitrogens with zero attached hydrogens (tertiary/aromatic N) is 2. The first-order chi connectivity index (χ1) is 10.1. The maximum atomic E-state index is 10.8. The van der Waals surface area contributed by atoms with Crippen LogP contribution in [0.25, 0.3) is 0 Å². The SMILES string of the molecule is COc1cc(COc2ccc(C#N)cc2)cc([N+](=O)[O-])c1. The topological polar surface area (TPSA) is 85.4 Å². The molecule has 0 aliphatic rings. The highest BCUT2D eigenvalue weighted by Gasteiger charge is 2.10. The van der Waals surface area contributed by atoms with E-state index in [0.717, 1.165) is 0 Å². The van der Waals surface area contributed by atoms with Gasteiger partial charge < -0.3 is 9.47 Å². The Kier molecular flexibility index (Phi) is 4.36. The Morgan fingerprint density at radius 2 is 1.90 bits per heavy atom. The lowest BCUT2D eigenvalue weighted by Gasteiger charge is -2.08. The van der Waals surface area contributed by atoms with Gasteiger partial charge in [-0.3, -0.25) is 10.1 Å². The molecule has 6 heteroatoms. The van der Waals surface area contributed by atoms with Crippen molar-refractivity contribution in [2.24, 2.45) is 0 Å². The predicted molar refractivity (Wildman–Crippen MR) is 75.1 cm³/mol. The Morgan fingerprint density at radius 1 is 1.19 bits per heavy atom. The molecule has 0 aliphatic heterocycles. The first-order valence-corrected chi connectivity index (χ1v) is 6.07. The van der Waals surface area contributed by atoms with E-state index in [9.17, 15) is 10.1 Å². The van der Waals surface area contributed by atoms with E-state index in [1.165, 1.54) is 19.2 Å². The van der Waals surface area contributed by atoms with Crippen LogP contribution in [0.4, 0.5) is 5.69 Å². The molecule has 2 aromatic rings. The summed E-state index contributed by atoms with van der Waals surface area (Å²) in [6, 6.07) is 13.1. The van der Waals surface area contributed by atoms with Crippen molar-refractivity contribution < 1.29 is 14.4 Å². The molecule has 0 radical (unpaired) electrons. The van der Waals surface area contributed by atoms with Gasteiger partial charge in [-0.25, -0.2) is 0 Å². The highest BCUT2D eigenvalue weighted by molar-refractivity contribution is 5.43. The third-order valence-corrected chi connectivity index (χ3v) is 2.79. The first kappa shape index (κ1) is 14.3. The highest BCUT2D eigenvalue weighted by atomic mass is 16.6. The molecule has 0 aliphatic carbocycles. The molecule has 2 rings (SSSR count). The lowest BCUT2D eigenvalue weighted by atomic mass is 10.2. The molecule has 0 N–H and O–H groups in total. The van der Waals surface area contributed by atoms with Crippen LogP contribution < -0.4 is 9.47 Å². The molecule has 0 saturated carbocycles. The van der Waals surface area contributed by atoms with Crippen LogP contribution in [0.1, 0.15) is 11.1 Å². The van der Waals surface area contributed by atoms with Crippen LogP contribution in [0, 0.1) is 21.4 Å². The average Bonchev–Trinajstić information content (AvgIpc) is 2.53. The van der Waals surface area contributed by atoms with Gasteiger partial charge in [-0.1, -0.05) is 0 Å². The minimum atomic E-state index is -0.478. The van der Waals surface area contributed by atoms with Crippen molar-refractivity contribution in [2.45, 2.75) is 6.61 Å². The summed E-state index contributed by atoms with van der Waals surface area (Å²) in [6.07, 6.45) is 0. The van der Waals surface area contributed by atoms with Crippen LogP contribution in [0.15, 0.2) is 42.5 Å². The van der Waals surface area contributed by atoms with Crippen LogP contribution in [0.3, 0.4) is 0 Å². The predicted octanol–water partition coefficient (Wildman–Crippen LogP) is 3.05. The molecule has 6 nitrogen and oxygen atoms in total. The van der Waals surface area contributed by atoms with Gasteiger partial charge in [-0.05, 0) is 35.9 Å². The standard InChI is InChI=1S/C15H12N2O4/c1-20-15-7-12(6-13(8-15)17(18)19)10-21-14-4-2-11(9-16)3-5-14/h2-8H,10H2,1H3. The number of hydrogen-bond donors (Lipinski definition) is 0. The van der Waals surface area contributed by atoms with Gasteiger partial charge in [0.15, 0.2) is 0 Å². The molecule has 21 heavy (non-hydrogen) atoms. The fourth-order valence-electron chi connectivity index (χ4n) is 1.74. The molecule has 0 unspecified atom stereocenters. The number of benzene rings is 2. The Hall–Kier alpha value is -3.07. The second-order valence-corrected chi connectivity index (χ2v) is 4.22. The first-order valence-electron chi connectivity index (χ1n) is 6.07. The van der Waals surface area contributed by atoms with E-state index < -0.39 is 4.92 Å². The van der Waals surface area contributed by atoms with Gasteiger partial charge in [0.1, 0.15) is 18.1 Å². The molecule has 0 fully saturated rings. The van der Waals surface area contributed by atoms with E-state index in [1.807, 2.05) is 6.07 Å². The summed E-state index contributed by atoms with van der Waals surface area (Å²) in [5.41, 5.74) is 1.12. The van der Waals surface area contributed by atoms with E-state index in [0.29, 0.717) is 22.6 Å². The van der Waals surface area contributed by atoms with Gasteiger partial charge in [-0.2, -0.15) is 5.26 Å². The normalized spacial score (nSPS) is 9.71. The number of ether oxygens (including phenoxy) is 2. The van der Waals surface area contributed by atoms with Crippen molar-refractivity contribution >= 4 is 5.69 Å². The Labute approximate surface area is 121 Å². The van der Waals surface area contributed by atoms with Crippen LogP contribution in [-0.2, 0) is 6.61 Å². The van der Waals surface area contributed by atoms with Crippen molar-refractivity contribution in [3.8, 4) is 17.6 Å². The molecule has 0 atom stereocenters. The van der Waals surface area contributed by atoms with Crippen molar-refractivity contribution in [1.29, 1.82) is 5.26 Å². The fourth-order valence-corrected chi connectivity index (χ4v) is 1.74. The number of rotatable bonds is 5. The van der Waals surface area contributed by atoms with Gasteiger partial charge in [0.25, 0.3) is 5.69 Å². The van der Waals surface area contributed by atoms with E-state index >= 15 is 0 Å². The molecule has 0 heterocycles. The molecular formula is C15H12N2O4. The number of nitro benzene ring substituents is 1. The smallest absolute Gasteiger partial charge is 0.273 e. The summed E-state index contributed by atoms with van der Waals surface area (Å²) in [5, 5.41) is 19.6. The summed E-state index contributed by atoms with van der Waals surface area (Å²) < 4.78 is 10.6. The lowest BCUT2D eigenvalue weighted by molar-refractivity contribution is -0.385. The summed E-state index contributed by atoms with van der Waals surface area (Å²) in [6.45, 7) is 0.171. The van der Waals surface area contributed by atoms with Crippen molar-refractivity contribution in [2.75, 3.05) is 7.11 Å². The van der Waals surface area contributed by atoms with Gasteiger partial charge in [0.05, 0.1) is 29.7 Å². The molecule has 0 spiro atoms. The summed E-state index contributed by atoms with van der Waals surface area (Å²) in [5.74, 6) is 0.988. The van der Waals surface area contributed by atoms with E-state index in [1.54, 1.807) is 30.3 Å². The van der Waals surface area contributed by atoms with Crippen LogP contribution in [0.2, 0.25) is 0 Å². The fraction of sp³-hybridized carbons (Fsp3) is 0.133. The third-order valence-electron chi connectivity index (χ3n) is 2.79. The van der Waals surface area contributed by atoms with Crippen molar-refractivity contribution in [3.05, 3.63) is 63.7 Å². The molecule has 0 saturated heterocycles.